The number of carbonyl (C=O) groups is 1. The number of benzene rings is 2. The van der Waals surface area contributed by atoms with Crippen LogP contribution in [0.2, 0.25) is 0 Å². The second-order valence-electron chi connectivity index (χ2n) is 4.52. The summed E-state index contributed by atoms with van der Waals surface area (Å²) < 4.78 is 38.3. The highest BCUT2D eigenvalue weighted by atomic mass is 79.9. The van der Waals surface area contributed by atoms with Crippen LogP contribution in [-0.4, -0.2) is 5.91 Å². The van der Waals surface area contributed by atoms with Crippen molar-refractivity contribution in [3.05, 3.63) is 63.6 Å². The molecule has 21 heavy (non-hydrogen) atoms. The van der Waals surface area contributed by atoms with Gasteiger partial charge in [-0.2, -0.15) is 13.2 Å². The first-order chi connectivity index (χ1) is 9.77. The fourth-order valence-corrected chi connectivity index (χ4v) is 2.28. The third-order valence-corrected chi connectivity index (χ3v) is 3.50. The minimum Gasteiger partial charge on any atom is -0.322 e. The summed E-state index contributed by atoms with van der Waals surface area (Å²) in [5.41, 5.74) is 0.558. The van der Waals surface area contributed by atoms with Gasteiger partial charge in [-0.1, -0.05) is 33.6 Å². The van der Waals surface area contributed by atoms with Crippen molar-refractivity contribution in [3.8, 4) is 0 Å². The first-order valence-corrected chi connectivity index (χ1v) is 6.81. The molecule has 0 saturated carbocycles. The van der Waals surface area contributed by atoms with E-state index in [9.17, 15) is 18.0 Å². The van der Waals surface area contributed by atoms with E-state index in [2.05, 4.69) is 21.2 Å². The van der Waals surface area contributed by atoms with Gasteiger partial charge in [-0.25, -0.2) is 0 Å². The number of hydrogen-bond acceptors (Lipinski definition) is 1. The van der Waals surface area contributed by atoms with Crippen LogP contribution in [0, 0.1) is 6.92 Å². The highest BCUT2D eigenvalue weighted by molar-refractivity contribution is 9.10. The molecule has 0 saturated heterocycles. The van der Waals surface area contributed by atoms with Crippen molar-refractivity contribution in [1.29, 1.82) is 0 Å². The predicted molar refractivity (Wildman–Crippen MR) is 78.3 cm³/mol. The molecule has 2 aromatic carbocycles. The molecule has 2 aromatic rings. The maximum absolute atomic E-state index is 12.8. The number of carbonyl (C=O) groups excluding carboxylic acids is 1. The average Bonchev–Trinajstić information content (AvgIpc) is 2.39. The fraction of sp³-hybridized carbons (Fsp3) is 0.133. The zero-order valence-corrected chi connectivity index (χ0v) is 12.5. The Labute approximate surface area is 128 Å². The molecule has 0 aliphatic carbocycles. The second-order valence-corrected chi connectivity index (χ2v) is 5.37. The lowest BCUT2D eigenvalue weighted by molar-refractivity contribution is -0.138. The van der Waals surface area contributed by atoms with E-state index in [0.717, 1.165) is 11.6 Å². The number of nitrogens with one attached hydrogen (secondary N) is 1. The van der Waals surface area contributed by atoms with E-state index in [0.29, 0.717) is 5.56 Å². The average molecular weight is 358 g/mol. The van der Waals surface area contributed by atoms with Gasteiger partial charge in [-0.3, -0.25) is 4.79 Å². The summed E-state index contributed by atoms with van der Waals surface area (Å²) in [4.78, 5) is 12.0. The molecule has 0 heterocycles. The number of alkyl halides is 3. The van der Waals surface area contributed by atoms with Crippen LogP contribution in [0.25, 0.3) is 0 Å². The Bertz CT molecular complexity index is 683. The van der Waals surface area contributed by atoms with E-state index in [1.54, 1.807) is 18.2 Å². The van der Waals surface area contributed by atoms with Crippen molar-refractivity contribution in [2.45, 2.75) is 13.1 Å². The van der Waals surface area contributed by atoms with Crippen LogP contribution in [0.1, 0.15) is 21.5 Å². The Morgan fingerprint density at radius 2 is 1.86 bits per heavy atom. The fourth-order valence-electron chi connectivity index (χ4n) is 1.81. The summed E-state index contributed by atoms with van der Waals surface area (Å²) in [6, 6.07) is 10.4. The molecule has 0 atom stereocenters. The summed E-state index contributed by atoms with van der Waals surface area (Å²) in [5.74, 6) is -0.450. The number of aryl methyl sites for hydroxylation is 1. The first kappa shape index (κ1) is 15.6. The first-order valence-electron chi connectivity index (χ1n) is 6.02. The minimum absolute atomic E-state index is 0.0662. The largest absolute Gasteiger partial charge is 0.417 e. The topological polar surface area (TPSA) is 29.1 Å². The Morgan fingerprint density at radius 3 is 2.48 bits per heavy atom. The Balaban J connectivity index is 2.26. The number of hydrogen-bond donors (Lipinski definition) is 1. The van der Waals surface area contributed by atoms with Crippen LogP contribution in [0.5, 0.6) is 0 Å². The number of amides is 1. The van der Waals surface area contributed by atoms with E-state index in [1.165, 1.54) is 12.1 Å². The molecule has 0 aliphatic rings. The molecule has 0 radical (unpaired) electrons. The van der Waals surface area contributed by atoms with Gasteiger partial charge in [0, 0.05) is 15.7 Å². The van der Waals surface area contributed by atoms with Gasteiger partial charge in [0.25, 0.3) is 5.91 Å². The molecule has 6 heteroatoms. The lowest BCUT2D eigenvalue weighted by Crippen LogP contribution is -2.13. The highest BCUT2D eigenvalue weighted by Gasteiger charge is 2.33. The number of anilines is 1. The molecule has 0 bridgehead atoms. The molecule has 110 valence electrons. The maximum Gasteiger partial charge on any atom is 0.417 e. The van der Waals surface area contributed by atoms with Crippen LogP contribution >= 0.6 is 15.9 Å². The smallest absolute Gasteiger partial charge is 0.322 e. The van der Waals surface area contributed by atoms with Crippen molar-refractivity contribution in [1.82, 2.24) is 0 Å². The van der Waals surface area contributed by atoms with Gasteiger partial charge in [-0.05, 0) is 37.3 Å². The second kappa shape index (κ2) is 5.89. The molecule has 0 spiro atoms. The summed E-state index contributed by atoms with van der Waals surface area (Å²) >= 11 is 2.85. The van der Waals surface area contributed by atoms with Gasteiger partial charge >= 0.3 is 6.18 Å². The van der Waals surface area contributed by atoms with Gasteiger partial charge in [0.2, 0.25) is 0 Å². The molecular formula is C15H11BrF3NO. The molecular weight excluding hydrogens is 347 g/mol. The molecule has 0 aromatic heterocycles. The van der Waals surface area contributed by atoms with Gasteiger partial charge in [-0.15, -0.1) is 0 Å². The Hall–Kier alpha value is -1.82. The molecule has 1 N–H and O–H groups in total. The van der Waals surface area contributed by atoms with Crippen LogP contribution in [0.4, 0.5) is 18.9 Å². The summed E-state index contributed by atoms with van der Waals surface area (Å²) in [5, 5.41) is 2.47. The van der Waals surface area contributed by atoms with Crippen molar-refractivity contribution >= 4 is 27.5 Å². The van der Waals surface area contributed by atoms with Crippen molar-refractivity contribution in [2.75, 3.05) is 5.32 Å². The normalized spacial score (nSPS) is 11.3. The van der Waals surface area contributed by atoms with Gasteiger partial charge in [0.1, 0.15) is 0 Å². The van der Waals surface area contributed by atoms with Gasteiger partial charge in [0.15, 0.2) is 0 Å². The van der Waals surface area contributed by atoms with E-state index < -0.39 is 17.6 Å². The third-order valence-electron chi connectivity index (χ3n) is 2.81. The van der Waals surface area contributed by atoms with Crippen molar-refractivity contribution in [3.63, 3.8) is 0 Å². The SMILES string of the molecule is Cc1cccc(C(=O)Nc2ccc(Br)c(C(F)(F)F)c2)c1. The van der Waals surface area contributed by atoms with Crippen LogP contribution in [-0.2, 0) is 6.18 Å². The third kappa shape index (κ3) is 3.85. The van der Waals surface area contributed by atoms with E-state index >= 15 is 0 Å². The summed E-state index contributed by atoms with van der Waals surface area (Å²) in [7, 11) is 0. The maximum atomic E-state index is 12.8. The molecule has 1 amide bonds. The lowest BCUT2D eigenvalue weighted by Gasteiger charge is -2.12. The predicted octanol–water partition coefficient (Wildman–Crippen LogP) is 5.03. The van der Waals surface area contributed by atoms with E-state index in [4.69, 9.17) is 0 Å². The molecule has 0 aliphatic heterocycles. The molecule has 0 fully saturated rings. The van der Waals surface area contributed by atoms with Crippen LogP contribution in [0.15, 0.2) is 46.9 Å². The zero-order valence-electron chi connectivity index (χ0n) is 11.0. The lowest BCUT2D eigenvalue weighted by atomic mass is 10.1. The van der Waals surface area contributed by atoms with E-state index in [-0.39, 0.29) is 10.2 Å². The van der Waals surface area contributed by atoms with Gasteiger partial charge < -0.3 is 5.32 Å². The number of rotatable bonds is 2. The Morgan fingerprint density at radius 1 is 1.14 bits per heavy atom. The quantitative estimate of drug-likeness (QED) is 0.802. The molecule has 2 rings (SSSR count). The standard InChI is InChI=1S/C15H11BrF3NO/c1-9-3-2-4-10(7-9)14(21)20-11-5-6-13(16)12(8-11)15(17,18)19/h2-8H,1H3,(H,20,21). The summed E-state index contributed by atoms with van der Waals surface area (Å²) in [6.07, 6.45) is -4.48. The molecule has 2 nitrogen and oxygen atoms in total. The van der Waals surface area contributed by atoms with Crippen LogP contribution < -0.4 is 5.32 Å². The Kier molecular flexibility index (Phi) is 4.37. The number of halogens is 4. The van der Waals surface area contributed by atoms with Crippen LogP contribution in [0.3, 0.4) is 0 Å². The van der Waals surface area contributed by atoms with E-state index in [1.807, 2.05) is 13.0 Å². The molecule has 0 unspecified atom stereocenters. The van der Waals surface area contributed by atoms with Gasteiger partial charge in [0.05, 0.1) is 5.56 Å². The monoisotopic (exact) mass is 357 g/mol. The van der Waals surface area contributed by atoms with Crippen molar-refractivity contribution in [2.24, 2.45) is 0 Å². The highest BCUT2D eigenvalue weighted by Crippen LogP contribution is 2.36. The zero-order chi connectivity index (χ0) is 15.6. The summed E-state index contributed by atoms with van der Waals surface area (Å²) in [6.45, 7) is 1.83. The van der Waals surface area contributed by atoms with Crippen molar-refractivity contribution < 1.29 is 18.0 Å². The minimum atomic E-state index is -4.48.